The molecule has 0 unspecified atom stereocenters. The second-order valence-electron chi connectivity index (χ2n) is 6.10. The molecule has 0 radical (unpaired) electrons. The number of esters is 1. The number of rotatable bonds is 4. The molecule has 0 atom stereocenters. The van der Waals surface area contributed by atoms with Crippen molar-refractivity contribution in [1.82, 2.24) is 5.16 Å². The van der Waals surface area contributed by atoms with Crippen LogP contribution in [-0.4, -0.2) is 24.3 Å². The van der Waals surface area contributed by atoms with Gasteiger partial charge in [0.1, 0.15) is 5.75 Å². The van der Waals surface area contributed by atoms with E-state index < -0.39 is 12.6 Å². The molecule has 1 fully saturated rings. The van der Waals surface area contributed by atoms with Gasteiger partial charge in [-0.3, -0.25) is 0 Å². The zero-order valence-electron chi connectivity index (χ0n) is 13.0. The van der Waals surface area contributed by atoms with Gasteiger partial charge >= 0.3 is 12.6 Å². The quantitative estimate of drug-likeness (QED) is 0.797. The number of alkyl halides is 2. The zero-order valence-corrected chi connectivity index (χ0v) is 13.0. The highest BCUT2D eigenvalue weighted by Gasteiger charge is 2.51. The van der Waals surface area contributed by atoms with Gasteiger partial charge in [-0.2, -0.15) is 8.78 Å². The van der Waals surface area contributed by atoms with Gasteiger partial charge in [-0.15, -0.1) is 0 Å². The maximum absolute atomic E-state index is 12.5. The molecule has 1 saturated carbocycles. The Labute approximate surface area is 136 Å². The van der Waals surface area contributed by atoms with Crippen LogP contribution in [0.3, 0.4) is 0 Å². The number of nitrogens with zero attached hydrogens (tertiary/aromatic N) is 1. The largest absolute Gasteiger partial charge is 0.461 e. The van der Waals surface area contributed by atoms with Crippen LogP contribution in [0.1, 0.15) is 41.4 Å². The van der Waals surface area contributed by atoms with E-state index in [0.29, 0.717) is 23.3 Å². The highest BCUT2D eigenvalue weighted by atomic mass is 19.3. The van der Waals surface area contributed by atoms with E-state index in [4.69, 9.17) is 9.26 Å². The molecule has 1 heterocycles. The summed E-state index contributed by atoms with van der Waals surface area (Å²) < 4.78 is 39.9. The van der Waals surface area contributed by atoms with Crippen LogP contribution in [0.2, 0.25) is 0 Å². The minimum Gasteiger partial charge on any atom is -0.461 e. The molecule has 2 aromatic rings. The molecule has 24 heavy (non-hydrogen) atoms. The van der Waals surface area contributed by atoms with Gasteiger partial charge in [0.15, 0.2) is 11.5 Å². The molecule has 0 amide bonds. The smallest absolute Gasteiger partial charge is 0.387 e. The van der Waals surface area contributed by atoms with Crippen molar-refractivity contribution in [1.29, 1.82) is 0 Å². The van der Waals surface area contributed by atoms with Crippen molar-refractivity contribution >= 4 is 5.97 Å². The summed E-state index contributed by atoms with van der Waals surface area (Å²) in [4.78, 5) is 12.1. The molecule has 0 bridgehead atoms. The molecule has 0 N–H and O–H groups in total. The van der Waals surface area contributed by atoms with Gasteiger partial charge < -0.3 is 14.0 Å². The van der Waals surface area contributed by atoms with Crippen LogP contribution in [-0.2, 0) is 16.6 Å². The molecule has 0 aliphatic heterocycles. The minimum atomic E-state index is -2.90. The zero-order chi connectivity index (χ0) is 16.9. The van der Waals surface area contributed by atoms with E-state index in [0.717, 1.165) is 18.4 Å². The first kappa shape index (κ1) is 15.1. The Balaban J connectivity index is 1.82. The van der Waals surface area contributed by atoms with E-state index in [9.17, 15) is 13.6 Å². The number of benzene rings is 1. The van der Waals surface area contributed by atoms with Crippen molar-refractivity contribution < 1.29 is 27.6 Å². The molecule has 2 aliphatic carbocycles. The Morgan fingerprint density at radius 1 is 1.42 bits per heavy atom. The fourth-order valence-electron chi connectivity index (χ4n) is 3.43. The summed E-state index contributed by atoms with van der Waals surface area (Å²) >= 11 is 0. The number of carbonyl (C=O) groups excluding carboxylic acids is 1. The number of aromatic nitrogens is 1. The van der Waals surface area contributed by atoms with Crippen molar-refractivity contribution in [3.63, 3.8) is 0 Å². The van der Waals surface area contributed by atoms with E-state index in [1.54, 1.807) is 19.1 Å². The molecule has 0 saturated heterocycles. The average Bonchev–Trinajstić information content (AvgIpc) is 3.16. The Hall–Kier alpha value is -2.44. The summed E-state index contributed by atoms with van der Waals surface area (Å²) in [5.41, 5.74) is 2.48. The average molecular weight is 335 g/mol. The van der Waals surface area contributed by atoms with Crippen molar-refractivity contribution in [3.05, 3.63) is 35.0 Å². The number of hydrogen-bond donors (Lipinski definition) is 0. The fourth-order valence-corrected chi connectivity index (χ4v) is 3.43. The molecule has 1 aromatic heterocycles. The maximum Gasteiger partial charge on any atom is 0.387 e. The van der Waals surface area contributed by atoms with Gasteiger partial charge in [-0.1, -0.05) is 11.2 Å². The fraction of sp³-hybridized carbons (Fsp3) is 0.412. The molecule has 1 spiro atoms. The Kier molecular flexibility index (Phi) is 3.33. The van der Waals surface area contributed by atoms with Gasteiger partial charge in [0.05, 0.1) is 6.61 Å². The summed E-state index contributed by atoms with van der Waals surface area (Å²) in [6.45, 7) is -0.934. The van der Waals surface area contributed by atoms with Crippen LogP contribution in [0.5, 0.6) is 5.75 Å². The molecule has 4 rings (SSSR count). The first-order chi connectivity index (χ1) is 11.5. The third-order valence-corrected chi connectivity index (χ3v) is 4.66. The van der Waals surface area contributed by atoms with Crippen LogP contribution in [0.25, 0.3) is 11.3 Å². The molecular formula is C17H15F2NO4. The SMILES string of the molecule is CCOC(=O)c1noc2c1CC1(CC1)c1ccc(OC(F)F)cc1-2. The minimum absolute atomic E-state index is 0.0569. The van der Waals surface area contributed by atoms with Crippen molar-refractivity contribution in [2.24, 2.45) is 0 Å². The van der Waals surface area contributed by atoms with Gasteiger partial charge in [-0.25, -0.2) is 4.79 Å². The first-order valence-corrected chi connectivity index (χ1v) is 7.79. The first-order valence-electron chi connectivity index (χ1n) is 7.79. The number of halogens is 2. The van der Waals surface area contributed by atoms with Crippen LogP contribution in [0.15, 0.2) is 22.7 Å². The molecule has 126 valence electrons. The molecule has 1 aromatic carbocycles. The number of carbonyl (C=O) groups is 1. The summed E-state index contributed by atoms with van der Waals surface area (Å²) in [5.74, 6) is -0.0338. The maximum atomic E-state index is 12.5. The van der Waals surface area contributed by atoms with Gasteiger partial charge in [-0.05, 0) is 43.9 Å². The molecule has 2 aliphatic rings. The second-order valence-corrected chi connectivity index (χ2v) is 6.10. The van der Waals surface area contributed by atoms with Crippen LogP contribution in [0, 0.1) is 0 Å². The topological polar surface area (TPSA) is 61.6 Å². The summed E-state index contributed by atoms with van der Waals surface area (Å²) in [6.07, 6.45) is 2.59. The summed E-state index contributed by atoms with van der Waals surface area (Å²) in [6, 6.07) is 4.87. The third-order valence-electron chi connectivity index (χ3n) is 4.66. The molecular weight excluding hydrogens is 320 g/mol. The van der Waals surface area contributed by atoms with Crippen LogP contribution >= 0.6 is 0 Å². The van der Waals surface area contributed by atoms with E-state index in [2.05, 4.69) is 9.89 Å². The number of hydrogen-bond acceptors (Lipinski definition) is 5. The van der Waals surface area contributed by atoms with E-state index in [1.165, 1.54) is 6.07 Å². The monoisotopic (exact) mass is 335 g/mol. The van der Waals surface area contributed by atoms with Crippen LogP contribution < -0.4 is 4.74 Å². The van der Waals surface area contributed by atoms with Gasteiger partial charge in [0.2, 0.25) is 0 Å². The van der Waals surface area contributed by atoms with E-state index >= 15 is 0 Å². The Bertz CT molecular complexity index is 811. The van der Waals surface area contributed by atoms with Crippen LogP contribution in [0.4, 0.5) is 8.78 Å². The predicted molar refractivity (Wildman–Crippen MR) is 79.1 cm³/mol. The highest BCUT2D eigenvalue weighted by molar-refractivity contribution is 5.92. The lowest BCUT2D eigenvalue weighted by atomic mass is 9.78. The Morgan fingerprint density at radius 3 is 2.88 bits per heavy atom. The highest BCUT2D eigenvalue weighted by Crippen LogP contribution is 2.58. The number of ether oxygens (including phenoxy) is 2. The summed E-state index contributed by atoms with van der Waals surface area (Å²) in [7, 11) is 0. The van der Waals surface area contributed by atoms with Crippen molar-refractivity contribution in [2.45, 2.75) is 38.2 Å². The third kappa shape index (κ3) is 2.26. The van der Waals surface area contributed by atoms with E-state index in [-0.39, 0.29) is 23.5 Å². The standard InChI is InChI=1S/C17H15F2NO4/c1-2-22-15(21)13-11-8-17(5-6-17)12-4-3-9(23-16(18)19)7-10(12)14(11)24-20-13/h3-4,7,16H,2,5-6,8H2,1H3. The molecule has 5 nitrogen and oxygen atoms in total. The molecule has 7 heteroatoms. The van der Waals surface area contributed by atoms with Gasteiger partial charge in [0.25, 0.3) is 0 Å². The lowest BCUT2D eigenvalue weighted by Crippen LogP contribution is -2.19. The van der Waals surface area contributed by atoms with Gasteiger partial charge in [0, 0.05) is 16.5 Å². The predicted octanol–water partition coefficient (Wildman–Crippen LogP) is 3.71. The summed E-state index contributed by atoms with van der Waals surface area (Å²) in [5, 5.41) is 3.86. The lowest BCUT2D eigenvalue weighted by molar-refractivity contribution is -0.0498. The lowest BCUT2D eigenvalue weighted by Gasteiger charge is -2.24. The normalized spacial score (nSPS) is 16.7. The second kappa shape index (κ2) is 5.29. The Morgan fingerprint density at radius 2 is 2.21 bits per heavy atom. The van der Waals surface area contributed by atoms with Crippen molar-refractivity contribution in [2.75, 3.05) is 6.61 Å². The van der Waals surface area contributed by atoms with Crippen molar-refractivity contribution in [3.8, 4) is 17.1 Å². The number of fused-ring (bicyclic) bond motifs is 4. The van der Waals surface area contributed by atoms with E-state index in [1.807, 2.05) is 0 Å².